The smallest absolute Gasteiger partial charge is 0.112 e. The molecule has 0 amide bonds. The predicted octanol–water partition coefficient (Wildman–Crippen LogP) is 4.05. The highest BCUT2D eigenvalue weighted by molar-refractivity contribution is 6.47. The van der Waals surface area contributed by atoms with Crippen LogP contribution in [0.2, 0.25) is 0 Å². The molecule has 0 saturated carbocycles. The first-order valence-electron chi connectivity index (χ1n) is 2.91. The van der Waals surface area contributed by atoms with E-state index in [4.69, 9.17) is 46.4 Å². The van der Waals surface area contributed by atoms with E-state index in [1.807, 2.05) is 0 Å². The van der Waals surface area contributed by atoms with E-state index < -0.39 is 4.33 Å². The lowest BCUT2D eigenvalue weighted by molar-refractivity contribution is 0.995. The van der Waals surface area contributed by atoms with E-state index in [0.29, 0.717) is 11.8 Å². The zero-order valence-electron chi connectivity index (χ0n) is 6.13. The Labute approximate surface area is 82.8 Å². The van der Waals surface area contributed by atoms with E-state index in [1.54, 1.807) is 13.8 Å². The highest BCUT2D eigenvalue weighted by atomic mass is 35.5. The highest BCUT2D eigenvalue weighted by Crippen LogP contribution is 2.16. The molecule has 0 N–H and O–H groups in total. The fourth-order valence-electron chi connectivity index (χ4n) is 0.0505. The van der Waals surface area contributed by atoms with Gasteiger partial charge in [-0.2, -0.15) is 0 Å². The van der Waals surface area contributed by atoms with Crippen molar-refractivity contribution in [1.29, 1.82) is 0 Å². The standard InChI is InChI=1S/2C3H6Cl2/c1-3(2,4)5;4-2-1-3-5/h1-2H3;1-3H2. The van der Waals surface area contributed by atoms with Crippen molar-refractivity contribution >= 4 is 46.4 Å². The molecule has 0 aliphatic rings. The normalized spacial score (nSPS) is 10.2. The maximum Gasteiger partial charge on any atom is 0.112 e. The number of rotatable bonds is 2. The van der Waals surface area contributed by atoms with Gasteiger partial charge < -0.3 is 0 Å². The van der Waals surface area contributed by atoms with Crippen LogP contribution in [0.3, 0.4) is 0 Å². The second-order valence-corrected chi connectivity index (χ2v) is 4.90. The largest absolute Gasteiger partial charge is 0.127 e. The molecule has 0 unspecified atom stereocenters. The summed E-state index contributed by atoms with van der Waals surface area (Å²) in [6.45, 7) is 3.44. The summed E-state index contributed by atoms with van der Waals surface area (Å²) in [6, 6.07) is 0. The van der Waals surface area contributed by atoms with E-state index >= 15 is 0 Å². The third-order valence-electron chi connectivity index (χ3n) is 0.267. The van der Waals surface area contributed by atoms with Gasteiger partial charge in [0.2, 0.25) is 0 Å². The molecule has 10 heavy (non-hydrogen) atoms. The zero-order valence-corrected chi connectivity index (χ0v) is 9.16. The van der Waals surface area contributed by atoms with E-state index in [9.17, 15) is 0 Å². The van der Waals surface area contributed by atoms with Gasteiger partial charge in [0.25, 0.3) is 0 Å². The molecule has 0 bridgehead atoms. The zero-order chi connectivity index (χ0) is 8.62. The second-order valence-electron chi connectivity index (χ2n) is 2.06. The molecular weight excluding hydrogens is 214 g/mol. The molecule has 0 nitrogen and oxygen atoms in total. The van der Waals surface area contributed by atoms with Gasteiger partial charge in [-0.15, -0.1) is 46.4 Å². The monoisotopic (exact) mass is 224 g/mol. The molecule has 0 atom stereocenters. The van der Waals surface area contributed by atoms with Crippen LogP contribution in [-0.2, 0) is 0 Å². The molecule has 0 aromatic heterocycles. The summed E-state index contributed by atoms with van der Waals surface area (Å²) < 4.78 is -0.556. The van der Waals surface area contributed by atoms with Gasteiger partial charge in [0.15, 0.2) is 0 Å². The minimum absolute atomic E-state index is 0.556. The average molecular weight is 226 g/mol. The highest BCUT2D eigenvalue weighted by Gasteiger charge is 2.03. The molecule has 0 rings (SSSR count). The topological polar surface area (TPSA) is 0 Å². The molecule has 0 aromatic carbocycles. The molecule has 0 saturated heterocycles. The minimum Gasteiger partial charge on any atom is -0.127 e. The number of hydrogen-bond acceptors (Lipinski definition) is 0. The van der Waals surface area contributed by atoms with Gasteiger partial charge in [0.05, 0.1) is 0 Å². The predicted molar refractivity (Wildman–Crippen MR) is 51.8 cm³/mol. The summed E-state index contributed by atoms with van der Waals surface area (Å²) >= 11 is 21.0. The van der Waals surface area contributed by atoms with E-state index in [2.05, 4.69) is 0 Å². The van der Waals surface area contributed by atoms with E-state index in [1.165, 1.54) is 0 Å². The Bertz CT molecular complexity index is 49.3. The maximum atomic E-state index is 5.30. The fourth-order valence-corrected chi connectivity index (χ4v) is 0.455. The van der Waals surface area contributed by atoms with Crippen molar-refractivity contribution in [3.8, 4) is 0 Å². The second kappa shape index (κ2) is 8.26. The Kier molecular flexibility index (Phi) is 11.3. The molecule has 0 aliphatic carbocycles. The van der Waals surface area contributed by atoms with Gasteiger partial charge in [-0.1, -0.05) is 0 Å². The SMILES string of the molecule is CC(C)(Cl)Cl.ClCCCCl. The van der Waals surface area contributed by atoms with Crippen molar-refractivity contribution < 1.29 is 0 Å². The number of hydrogen-bond donors (Lipinski definition) is 0. The lowest BCUT2D eigenvalue weighted by Gasteiger charge is -1.98. The lowest BCUT2D eigenvalue weighted by atomic mass is 10.6. The Balaban J connectivity index is 0. The first kappa shape index (κ1) is 13.7. The fraction of sp³-hybridized carbons (Fsp3) is 1.00. The lowest BCUT2D eigenvalue weighted by Crippen LogP contribution is -1.93. The molecule has 0 fully saturated rings. The van der Waals surface area contributed by atoms with Crippen molar-refractivity contribution in [2.45, 2.75) is 24.6 Å². The molecule has 0 spiro atoms. The summed E-state index contributed by atoms with van der Waals surface area (Å²) in [5.41, 5.74) is 0. The molecule has 0 aliphatic heterocycles. The van der Waals surface area contributed by atoms with Gasteiger partial charge in [0.1, 0.15) is 4.33 Å². The van der Waals surface area contributed by atoms with Crippen LogP contribution in [0.1, 0.15) is 20.3 Å². The van der Waals surface area contributed by atoms with Crippen molar-refractivity contribution in [2.24, 2.45) is 0 Å². The van der Waals surface area contributed by atoms with Crippen LogP contribution in [0.25, 0.3) is 0 Å². The Morgan fingerprint density at radius 1 is 1.00 bits per heavy atom. The van der Waals surface area contributed by atoms with Crippen molar-refractivity contribution in [3.63, 3.8) is 0 Å². The van der Waals surface area contributed by atoms with Gasteiger partial charge in [-0.05, 0) is 20.3 Å². The first-order chi connectivity index (χ1) is 4.41. The third kappa shape index (κ3) is 61.1. The Morgan fingerprint density at radius 3 is 1.20 bits per heavy atom. The van der Waals surface area contributed by atoms with E-state index in [-0.39, 0.29) is 0 Å². The van der Waals surface area contributed by atoms with Crippen LogP contribution in [0.4, 0.5) is 0 Å². The summed E-state index contributed by atoms with van der Waals surface area (Å²) in [4.78, 5) is 0. The van der Waals surface area contributed by atoms with Crippen LogP contribution in [0, 0.1) is 0 Å². The van der Waals surface area contributed by atoms with Crippen LogP contribution >= 0.6 is 46.4 Å². The first-order valence-corrected chi connectivity index (χ1v) is 4.74. The third-order valence-corrected chi connectivity index (χ3v) is 0.802. The summed E-state index contributed by atoms with van der Waals surface area (Å²) in [6.07, 6.45) is 0.920. The average Bonchev–Trinajstić information content (AvgIpc) is 1.63. The van der Waals surface area contributed by atoms with Gasteiger partial charge >= 0.3 is 0 Å². The summed E-state index contributed by atoms with van der Waals surface area (Å²) in [5.74, 6) is 1.37. The van der Waals surface area contributed by atoms with Gasteiger partial charge in [0, 0.05) is 11.8 Å². The van der Waals surface area contributed by atoms with Gasteiger partial charge in [-0.3, -0.25) is 0 Å². The van der Waals surface area contributed by atoms with Gasteiger partial charge in [-0.25, -0.2) is 0 Å². The molecule has 4 heteroatoms. The van der Waals surface area contributed by atoms with Crippen molar-refractivity contribution in [3.05, 3.63) is 0 Å². The van der Waals surface area contributed by atoms with Crippen LogP contribution in [0.15, 0.2) is 0 Å². The molecule has 0 radical (unpaired) electrons. The van der Waals surface area contributed by atoms with E-state index in [0.717, 1.165) is 6.42 Å². The Hall–Kier alpha value is 1.16. The minimum atomic E-state index is -0.556. The molecular formula is C6H12Cl4. The summed E-state index contributed by atoms with van der Waals surface area (Å²) in [5, 5.41) is 0. The molecule has 0 aromatic rings. The number of halogens is 4. The Morgan fingerprint density at radius 2 is 1.20 bits per heavy atom. The van der Waals surface area contributed by atoms with Crippen molar-refractivity contribution in [2.75, 3.05) is 11.8 Å². The molecule has 64 valence electrons. The maximum absolute atomic E-state index is 5.30. The number of alkyl halides is 4. The molecule has 0 heterocycles. The van der Waals surface area contributed by atoms with Crippen LogP contribution in [-0.4, -0.2) is 16.1 Å². The van der Waals surface area contributed by atoms with Crippen LogP contribution in [0.5, 0.6) is 0 Å². The quantitative estimate of drug-likeness (QED) is 0.623. The summed E-state index contributed by atoms with van der Waals surface area (Å²) in [7, 11) is 0. The van der Waals surface area contributed by atoms with Crippen molar-refractivity contribution in [1.82, 2.24) is 0 Å². The van der Waals surface area contributed by atoms with Crippen LogP contribution < -0.4 is 0 Å².